The molecular weight excluding hydrogens is 264 g/mol. The van der Waals surface area contributed by atoms with Gasteiger partial charge in [0.25, 0.3) is 5.91 Å². The Labute approximate surface area is 114 Å². The highest BCUT2D eigenvalue weighted by Crippen LogP contribution is 2.37. The van der Waals surface area contributed by atoms with Gasteiger partial charge in [0.15, 0.2) is 0 Å². The Bertz CT molecular complexity index is 581. The lowest BCUT2D eigenvalue weighted by atomic mass is 10.2. The van der Waals surface area contributed by atoms with Gasteiger partial charge in [0, 0.05) is 22.9 Å². The van der Waals surface area contributed by atoms with Crippen molar-refractivity contribution in [3.8, 4) is 0 Å². The van der Waals surface area contributed by atoms with Gasteiger partial charge in [0.2, 0.25) is 0 Å². The number of rotatable bonds is 1. The molecule has 1 aromatic carbocycles. The van der Waals surface area contributed by atoms with E-state index < -0.39 is 0 Å². The summed E-state index contributed by atoms with van der Waals surface area (Å²) >= 11 is 3.24. The van der Waals surface area contributed by atoms with Crippen molar-refractivity contribution in [3.05, 3.63) is 40.6 Å². The number of anilines is 2. The molecule has 0 atom stereocenters. The number of thioether (sulfide) groups is 1. The summed E-state index contributed by atoms with van der Waals surface area (Å²) < 4.78 is 0. The number of carbonyl (C=O) groups is 1. The van der Waals surface area contributed by atoms with Crippen LogP contribution in [-0.4, -0.2) is 18.2 Å². The zero-order valence-corrected chi connectivity index (χ0v) is 11.3. The molecule has 0 spiro atoms. The van der Waals surface area contributed by atoms with Crippen molar-refractivity contribution >= 4 is 40.4 Å². The fourth-order valence-electron chi connectivity index (χ4n) is 1.98. The molecule has 0 unspecified atom stereocenters. The summed E-state index contributed by atoms with van der Waals surface area (Å²) in [6, 6.07) is 9.51. The maximum atomic E-state index is 12.4. The Morgan fingerprint density at radius 1 is 1.33 bits per heavy atom. The van der Waals surface area contributed by atoms with Gasteiger partial charge in [-0.05, 0) is 29.6 Å². The van der Waals surface area contributed by atoms with Crippen molar-refractivity contribution < 1.29 is 4.79 Å². The number of thiophene rings is 1. The predicted molar refractivity (Wildman–Crippen MR) is 77.6 cm³/mol. The summed E-state index contributed by atoms with van der Waals surface area (Å²) in [6.45, 7) is 0.734. The average Bonchev–Trinajstić information content (AvgIpc) is 2.91. The van der Waals surface area contributed by atoms with Crippen LogP contribution in [-0.2, 0) is 0 Å². The molecule has 0 saturated carbocycles. The fourth-order valence-corrected chi connectivity index (χ4v) is 3.63. The van der Waals surface area contributed by atoms with Gasteiger partial charge in [-0.15, -0.1) is 23.1 Å². The van der Waals surface area contributed by atoms with E-state index in [0.29, 0.717) is 5.69 Å². The number of nitrogens with two attached hydrogens (primary N) is 1. The molecule has 0 aliphatic carbocycles. The molecule has 3 nitrogen and oxygen atoms in total. The number of hydrogen-bond donors (Lipinski definition) is 1. The first-order chi connectivity index (χ1) is 8.75. The van der Waals surface area contributed by atoms with Crippen LogP contribution in [0.1, 0.15) is 9.67 Å². The second-order valence-corrected chi connectivity index (χ2v) is 6.09. The van der Waals surface area contributed by atoms with Crippen LogP contribution in [0.2, 0.25) is 0 Å². The van der Waals surface area contributed by atoms with Crippen molar-refractivity contribution in [3.63, 3.8) is 0 Å². The number of fused-ring (bicyclic) bond motifs is 1. The lowest BCUT2D eigenvalue weighted by Crippen LogP contribution is -2.35. The van der Waals surface area contributed by atoms with Crippen LogP contribution >= 0.6 is 23.1 Å². The summed E-state index contributed by atoms with van der Waals surface area (Å²) in [5, 5.41) is 1.92. The molecule has 0 fully saturated rings. The predicted octanol–water partition coefficient (Wildman–Crippen LogP) is 3.08. The molecule has 1 aromatic heterocycles. The number of carbonyl (C=O) groups excluding carboxylic acids is 1. The Hall–Kier alpha value is -1.46. The minimum atomic E-state index is 0.0668. The van der Waals surface area contributed by atoms with Gasteiger partial charge in [-0.2, -0.15) is 0 Å². The molecule has 0 saturated heterocycles. The van der Waals surface area contributed by atoms with E-state index in [-0.39, 0.29) is 5.91 Å². The van der Waals surface area contributed by atoms with Crippen LogP contribution in [0, 0.1) is 0 Å². The summed E-state index contributed by atoms with van der Waals surface area (Å²) in [7, 11) is 0. The van der Waals surface area contributed by atoms with Crippen molar-refractivity contribution in [2.75, 3.05) is 22.9 Å². The van der Waals surface area contributed by atoms with Gasteiger partial charge < -0.3 is 10.6 Å². The van der Waals surface area contributed by atoms with Gasteiger partial charge in [-0.25, -0.2) is 0 Å². The van der Waals surface area contributed by atoms with Crippen molar-refractivity contribution in [1.82, 2.24) is 0 Å². The highest BCUT2D eigenvalue weighted by Gasteiger charge is 2.24. The molecule has 18 heavy (non-hydrogen) atoms. The lowest BCUT2D eigenvalue weighted by molar-refractivity contribution is 0.0991. The molecule has 92 valence electrons. The zero-order valence-electron chi connectivity index (χ0n) is 9.63. The Kier molecular flexibility index (Phi) is 3.01. The summed E-state index contributed by atoms with van der Waals surface area (Å²) in [4.78, 5) is 16.1. The van der Waals surface area contributed by atoms with Crippen LogP contribution in [0.15, 0.2) is 40.6 Å². The third-order valence-electron chi connectivity index (χ3n) is 2.82. The highest BCUT2D eigenvalue weighted by atomic mass is 32.2. The van der Waals surface area contributed by atoms with Crippen LogP contribution in [0.25, 0.3) is 0 Å². The Morgan fingerprint density at radius 3 is 3.00 bits per heavy atom. The molecule has 1 amide bonds. The minimum Gasteiger partial charge on any atom is -0.399 e. The summed E-state index contributed by atoms with van der Waals surface area (Å²) in [5.74, 6) is 0.991. The molecule has 2 aromatic rings. The number of hydrogen-bond acceptors (Lipinski definition) is 4. The fraction of sp³-hybridized carbons (Fsp3) is 0.154. The number of benzene rings is 1. The zero-order chi connectivity index (χ0) is 12.5. The van der Waals surface area contributed by atoms with Crippen LogP contribution in [0.3, 0.4) is 0 Å². The second kappa shape index (κ2) is 4.66. The molecule has 1 aliphatic rings. The molecule has 2 N–H and O–H groups in total. The SMILES string of the molecule is Nc1ccc2c(c1)N(C(=O)c1cccs1)CCS2. The van der Waals surface area contributed by atoms with Gasteiger partial charge >= 0.3 is 0 Å². The van der Waals surface area contributed by atoms with E-state index in [2.05, 4.69) is 0 Å². The average molecular weight is 276 g/mol. The van der Waals surface area contributed by atoms with E-state index in [0.717, 1.165) is 27.8 Å². The molecule has 1 aliphatic heterocycles. The van der Waals surface area contributed by atoms with Crippen molar-refractivity contribution in [2.24, 2.45) is 0 Å². The number of amides is 1. The highest BCUT2D eigenvalue weighted by molar-refractivity contribution is 7.99. The van der Waals surface area contributed by atoms with Gasteiger partial charge in [0.05, 0.1) is 10.6 Å². The van der Waals surface area contributed by atoms with Gasteiger partial charge in [-0.1, -0.05) is 6.07 Å². The quantitative estimate of drug-likeness (QED) is 0.814. The number of nitrogen functional groups attached to an aromatic ring is 1. The third-order valence-corrected chi connectivity index (χ3v) is 4.72. The summed E-state index contributed by atoms with van der Waals surface area (Å²) in [6.07, 6.45) is 0. The molecule has 0 radical (unpaired) electrons. The standard InChI is InChI=1S/C13H12N2OS2/c14-9-3-4-11-10(8-9)15(5-7-18-11)13(16)12-2-1-6-17-12/h1-4,6,8H,5,7,14H2. The van der Waals surface area contributed by atoms with Crippen molar-refractivity contribution in [2.45, 2.75) is 4.90 Å². The topological polar surface area (TPSA) is 46.3 Å². The molecule has 5 heteroatoms. The maximum absolute atomic E-state index is 12.4. The van der Waals surface area contributed by atoms with Crippen LogP contribution < -0.4 is 10.6 Å². The molecule has 0 bridgehead atoms. The van der Waals surface area contributed by atoms with Crippen LogP contribution in [0.5, 0.6) is 0 Å². The monoisotopic (exact) mass is 276 g/mol. The van der Waals surface area contributed by atoms with E-state index in [4.69, 9.17) is 5.73 Å². The molecule has 2 heterocycles. The maximum Gasteiger partial charge on any atom is 0.268 e. The second-order valence-electron chi connectivity index (χ2n) is 4.01. The Balaban J connectivity index is 2.01. The molecular formula is C13H12N2OS2. The molecule has 3 rings (SSSR count). The first kappa shape index (κ1) is 11.6. The lowest BCUT2D eigenvalue weighted by Gasteiger charge is -2.28. The first-order valence-corrected chi connectivity index (χ1v) is 7.50. The van der Waals surface area contributed by atoms with Gasteiger partial charge in [0.1, 0.15) is 0 Å². The largest absolute Gasteiger partial charge is 0.399 e. The van der Waals surface area contributed by atoms with E-state index in [9.17, 15) is 4.79 Å². The summed E-state index contributed by atoms with van der Waals surface area (Å²) in [5.41, 5.74) is 7.45. The Morgan fingerprint density at radius 2 is 2.22 bits per heavy atom. The third kappa shape index (κ3) is 2.00. The first-order valence-electron chi connectivity index (χ1n) is 5.63. The van der Waals surface area contributed by atoms with E-state index in [1.807, 2.05) is 40.6 Å². The number of nitrogens with zero attached hydrogens (tertiary/aromatic N) is 1. The van der Waals surface area contributed by atoms with Gasteiger partial charge in [-0.3, -0.25) is 4.79 Å². The smallest absolute Gasteiger partial charge is 0.268 e. The van der Waals surface area contributed by atoms with E-state index >= 15 is 0 Å². The van der Waals surface area contributed by atoms with E-state index in [1.165, 1.54) is 11.3 Å². The van der Waals surface area contributed by atoms with E-state index in [1.54, 1.807) is 11.8 Å². The minimum absolute atomic E-state index is 0.0668. The van der Waals surface area contributed by atoms with Crippen LogP contribution in [0.4, 0.5) is 11.4 Å². The van der Waals surface area contributed by atoms with Crippen molar-refractivity contribution in [1.29, 1.82) is 0 Å². The normalized spacial score (nSPS) is 14.3.